The van der Waals surface area contributed by atoms with E-state index in [9.17, 15) is 4.79 Å². The Morgan fingerprint density at radius 3 is 2.59 bits per heavy atom. The van der Waals surface area contributed by atoms with Gasteiger partial charge in [-0.1, -0.05) is 0 Å². The number of anilines is 3. The molecular weight excluding hydrogens is 320 g/mol. The second-order valence-corrected chi connectivity index (χ2v) is 6.41. The van der Waals surface area contributed by atoms with Gasteiger partial charge in [0.05, 0.1) is 5.69 Å². The molecule has 0 aliphatic heterocycles. The van der Waals surface area contributed by atoms with Crippen molar-refractivity contribution in [3.8, 4) is 0 Å². The average molecular weight is 332 g/mol. The maximum atomic E-state index is 12.1. The molecule has 0 atom stereocenters. The highest BCUT2D eigenvalue weighted by atomic mass is 32.1. The van der Waals surface area contributed by atoms with Gasteiger partial charge >= 0.3 is 0 Å². The van der Waals surface area contributed by atoms with Crippen molar-refractivity contribution in [1.82, 2.24) is 19.9 Å². The zero-order valence-corrected chi connectivity index (χ0v) is 13.5. The standard InChI is InChI=1S/C13H12N6OS2/c1-7-8(2)22-13(16-7)18-10(20)9-6-21-12(17-9)19-11-14-4-3-5-15-11/h3-6H,1-2H3,(H,16,18,20)(H,14,15,17,19). The first-order valence-corrected chi connectivity index (χ1v) is 8.06. The van der Waals surface area contributed by atoms with E-state index in [1.165, 1.54) is 22.7 Å². The van der Waals surface area contributed by atoms with Gasteiger partial charge in [-0.3, -0.25) is 10.1 Å². The number of nitrogens with zero attached hydrogens (tertiary/aromatic N) is 4. The molecule has 3 heterocycles. The highest BCUT2D eigenvalue weighted by Gasteiger charge is 2.14. The lowest BCUT2D eigenvalue weighted by Gasteiger charge is -1.99. The number of carbonyl (C=O) groups is 1. The minimum atomic E-state index is -0.285. The molecule has 0 unspecified atom stereocenters. The van der Waals surface area contributed by atoms with E-state index in [0.29, 0.717) is 21.9 Å². The largest absolute Gasteiger partial charge is 0.300 e. The van der Waals surface area contributed by atoms with Crippen LogP contribution in [0.1, 0.15) is 21.1 Å². The topological polar surface area (TPSA) is 92.7 Å². The van der Waals surface area contributed by atoms with Crippen LogP contribution in [0, 0.1) is 13.8 Å². The molecule has 22 heavy (non-hydrogen) atoms. The number of hydrogen-bond acceptors (Lipinski definition) is 8. The summed E-state index contributed by atoms with van der Waals surface area (Å²) < 4.78 is 0. The van der Waals surface area contributed by atoms with Gasteiger partial charge < -0.3 is 5.32 Å². The quantitative estimate of drug-likeness (QED) is 0.763. The Balaban J connectivity index is 1.69. The van der Waals surface area contributed by atoms with E-state index in [2.05, 4.69) is 30.6 Å². The summed E-state index contributed by atoms with van der Waals surface area (Å²) >= 11 is 2.76. The Morgan fingerprint density at radius 1 is 1.14 bits per heavy atom. The number of rotatable bonds is 4. The molecule has 3 aromatic heterocycles. The van der Waals surface area contributed by atoms with Crippen molar-refractivity contribution in [2.75, 3.05) is 10.6 Å². The zero-order chi connectivity index (χ0) is 15.5. The van der Waals surface area contributed by atoms with Crippen LogP contribution in [0.3, 0.4) is 0 Å². The van der Waals surface area contributed by atoms with Gasteiger partial charge in [0.2, 0.25) is 5.95 Å². The van der Waals surface area contributed by atoms with Crippen LogP contribution in [0.5, 0.6) is 0 Å². The summed E-state index contributed by atoms with van der Waals surface area (Å²) in [5.41, 5.74) is 1.25. The molecule has 0 spiro atoms. The highest BCUT2D eigenvalue weighted by Crippen LogP contribution is 2.23. The molecule has 0 aliphatic carbocycles. The third kappa shape index (κ3) is 3.26. The molecule has 0 saturated carbocycles. The van der Waals surface area contributed by atoms with E-state index in [1.54, 1.807) is 23.8 Å². The Hall–Kier alpha value is -2.39. The van der Waals surface area contributed by atoms with Crippen LogP contribution in [-0.2, 0) is 0 Å². The molecule has 0 aliphatic rings. The first-order valence-electron chi connectivity index (χ1n) is 6.37. The van der Waals surface area contributed by atoms with E-state index in [0.717, 1.165) is 10.6 Å². The Bertz CT molecular complexity index is 778. The van der Waals surface area contributed by atoms with E-state index in [4.69, 9.17) is 0 Å². The summed E-state index contributed by atoms with van der Waals surface area (Å²) in [4.78, 5) is 29.8. The molecule has 0 radical (unpaired) electrons. The summed E-state index contributed by atoms with van der Waals surface area (Å²) in [5, 5.41) is 8.51. The van der Waals surface area contributed by atoms with Gasteiger partial charge in [-0.05, 0) is 19.9 Å². The molecule has 7 nitrogen and oxygen atoms in total. The van der Waals surface area contributed by atoms with Crippen molar-refractivity contribution in [2.24, 2.45) is 0 Å². The van der Waals surface area contributed by atoms with Gasteiger partial charge in [0.1, 0.15) is 5.69 Å². The smallest absolute Gasteiger partial charge is 0.276 e. The zero-order valence-electron chi connectivity index (χ0n) is 11.8. The molecule has 0 fully saturated rings. The normalized spacial score (nSPS) is 10.5. The van der Waals surface area contributed by atoms with Crippen LogP contribution >= 0.6 is 22.7 Å². The van der Waals surface area contributed by atoms with Crippen molar-refractivity contribution < 1.29 is 4.79 Å². The number of aromatic nitrogens is 4. The van der Waals surface area contributed by atoms with Gasteiger partial charge in [0, 0.05) is 22.7 Å². The monoisotopic (exact) mass is 332 g/mol. The Morgan fingerprint density at radius 2 is 1.91 bits per heavy atom. The maximum absolute atomic E-state index is 12.1. The Kier molecular flexibility index (Phi) is 4.07. The van der Waals surface area contributed by atoms with Gasteiger partial charge in [-0.25, -0.2) is 19.9 Å². The molecular formula is C13H12N6OS2. The number of carbonyl (C=O) groups excluding carboxylic acids is 1. The molecule has 2 N–H and O–H groups in total. The lowest BCUT2D eigenvalue weighted by Crippen LogP contribution is -2.12. The van der Waals surface area contributed by atoms with Crippen molar-refractivity contribution in [1.29, 1.82) is 0 Å². The number of hydrogen-bond donors (Lipinski definition) is 2. The molecule has 3 rings (SSSR count). The first-order chi connectivity index (χ1) is 10.6. The maximum Gasteiger partial charge on any atom is 0.276 e. The lowest BCUT2D eigenvalue weighted by atomic mass is 10.4. The third-order valence-corrected chi connectivity index (χ3v) is 4.52. The average Bonchev–Trinajstić information content (AvgIpc) is 3.08. The first kappa shape index (κ1) is 14.5. The number of aryl methyl sites for hydroxylation is 2. The van der Waals surface area contributed by atoms with Gasteiger partial charge in [-0.2, -0.15) is 0 Å². The fourth-order valence-electron chi connectivity index (χ4n) is 1.58. The van der Waals surface area contributed by atoms with Crippen molar-refractivity contribution in [3.63, 3.8) is 0 Å². The minimum Gasteiger partial charge on any atom is -0.300 e. The summed E-state index contributed by atoms with van der Waals surface area (Å²) in [6.07, 6.45) is 3.26. The highest BCUT2D eigenvalue weighted by molar-refractivity contribution is 7.16. The molecule has 0 bridgehead atoms. The van der Waals surface area contributed by atoms with Crippen LogP contribution in [-0.4, -0.2) is 25.8 Å². The molecule has 1 amide bonds. The van der Waals surface area contributed by atoms with Crippen LogP contribution in [0.25, 0.3) is 0 Å². The summed E-state index contributed by atoms with van der Waals surface area (Å²) in [6.45, 7) is 3.87. The molecule has 112 valence electrons. The van der Waals surface area contributed by atoms with E-state index in [1.807, 2.05) is 13.8 Å². The second-order valence-electron chi connectivity index (χ2n) is 4.35. The fraction of sp³-hybridized carbons (Fsp3) is 0.154. The number of amides is 1. The summed E-state index contributed by atoms with van der Waals surface area (Å²) in [7, 11) is 0. The molecule has 0 aromatic carbocycles. The Labute approximate surface area is 134 Å². The van der Waals surface area contributed by atoms with Gasteiger partial charge in [0.25, 0.3) is 5.91 Å². The van der Waals surface area contributed by atoms with Crippen molar-refractivity contribution >= 4 is 44.8 Å². The van der Waals surface area contributed by atoms with Crippen LogP contribution in [0.15, 0.2) is 23.8 Å². The lowest BCUT2D eigenvalue weighted by molar-refractivity contribution is 0.102. The predicted molar refractivity (Wildman–Crippen MR) is 87.0 cm³/mol. The van der Waals surface area contributed by atoms with E-state index in [-0.39, 0.29) is 5.91 Å². The summed E-state index contributed by atoms with van der Waals surface area (Å²) in [6, 6.07) is 1.73. The van der Waals surface area contributed by atoms with Crippen LogP contribution < -0.4 is 10.6 Å². The third-order valence-electron chi connectivity index (χ3n) is 2.77. The number of thiazole rings is 2. The van der Waals surface area contributed by atoms with Crippen molar-refractivity contribution in [2.45, 2.75) is 13.8 Å². The van der Waals surface area contributed by atoms with Crippen LogP contribution in [0.4, 0.5) is 16.2 Å². The van der Waals surface area contributed by atoms with Crippen LogP contribution in [0.2, 0.25) is 0 Å². The van der Waals surface area contributed by atoms with E-state index < -0.39 is 0 Å². The van der Waals surface area contributed by atoms with Gasteiger partial charge in [-0.15, -0.1) is 22.7 Å². The predicted octanol–water partition coefficient (Wildman–Crippen LogP) is 3.00. The molecule has 0 saturated heterocycles. The fourth-order valence-corrected chi connectivity index (χ4v) is 3.08. The van der Waals surface area contributed by atoms with Gasteiger partial charge in [0.15, 0.2) is 10.3 Å². The van der Waals surface area contributed by atoms with Crippen molar-refractivity contribution in [3.05, 3.63) is 40.1 Å². The van der Waals surface area contributed by atoms with E-state index >= 15 is 0 Å². The second kappa shape index (κ2) is 6.16. The minimum absolute atomic E-state index is 0.285. The molecule has 9 heteroatoms. The number of nitrogens with one attached hydrogen (secondary N) is 2. The SMILES string of the molecule is Cc1nc(NC(=O)c2csc(Nc3ncccn3)n2)sc1C. The summed E-state index contributed by atoms with van der Waals surface area (Å²) in [5.74, 6) is 0.155. The molecule has 3 aromatic rings.